The van der Waals surface area contributed by atoms with Crippen molar-refractivity contribution in [3.63, 3.8) is 0 Å². The van der Waals surface area contributed by atoms with Gasteiger partial charge >= 0.3 is 0 Å². The number of likely N-dealkylation sites (tertiary alicyclic amines) is 1. The number of carbonyl (C=O) groups is 4. The summed E-state index contributed by atoms with van der Waals surface area (Å²) in [4.78, 5) is 60.4. The van der Waals surface area contributed by atoms with Gasteiger partial charge in [0.2, 0.25) is 23.6 Å². The van der Waals surface area contributed by atoms with E-state index >= 15 is 0 Å². The third-order valence-corrected chi connectivity index (χ3v) is 13.1. The average Bonchev–Trinajstić information content (AvgIpc) is 3.69. The van der Waals surface area contributed by atoms with E-state index in [1.807, 2.05) is 60.5 Å². The number of sulfonamides is 1. The molecule has 1 unspecified atom stereocenters. The molecule has 1 heterocycles. The van der Waals surface area contributed by atoms with Crippen molar-refractivity contribution in [1.82, 2.24) is 24.7 Å². The lowest BCUT2D eigenvalue weighted by Crippen LogP contribution is -2.59. The molecule has 1 saturated carbocycles. The minimum absolute atomic E-state index is 0.0273. The third-order valence-electron chi connectivity index (χ3n) is 11.7. The van der Waals surface area contributed by atoms with Gasteiger partial charge < -0.3 is 30.3 Å². The number of likely N-dealkylation sites (N-methyl/N-ethyl adjacent to an activating group) is 2. The molecule has 312 valence electrons. The first-order valence-corrected chi connectivity index (χ1v) is 21.2. The summed E-state index contributed by atoms with van der Waals surface area (Å²) in [5.74, 6) is -2.61. The number of nitrogens with zero attached hydrogens (tertiary/aromatic N) is 3. The van der Waals surface area contributed by atoms with Gasteiger partial charge in [-0.1, -0.05) is 67.0 Å². The summed E-state index contributed by atoms with van der Waals surface area (Å²) in [6.45, 7) is 13.8. The van der Waals surface area contributed by atoms with Gasteiger partial charge in [-0.15, -0.1) is 0 Å². The van der Waals surface area contributed by atoms with Crippen LogP contribution in [0.5, 0.6) is 0 Å². The molecular weight excluding hydrogens is 725 g/mol. The molecule has 1 saturated heterocycles. The Morgan fingerprint density at radius 1 is 0.945 bits per heavy atom. The molecule has 4 amide bonds. The van der Waals surface area contributed by atoms with E-state index in [2.05, 4.69) is 10.0 Å². The van der Waals surface area contributed by atoms with Crippen molar-refractivity contribution in [2.45, 2.75) is 134 Å². The zero-order chi connectivity index (χ0) is 41.6. The van der Waals surface area contributed by atoms with Crippen LogP contribution in [0, 0.1) is 23.7 Å². The van der Waals surface area contributed by atoms with Crippen LogP contribution < -0.4 is 15.8 Å². The fourth-order valence-corrected chi connectivity index (χ4v) is 9.15. The molecule has 2 fully saturated rings. The highest BCUT2D eigenvalue weighted by molar-refractivity contribution is 7.90. The number of nitrogens with one attached hydrogen (secondary N) is 2. The Morgan fingerprint density at radius 2 is 1.55 bits per heavy atom. The number of carbonyl (C=O) groups excluding carboxylic acids is 4. The molecule has 0 radical (unpaired) electrons. The molecule has 1 aliphatic heterocycles. The Hall–Kier alpha value is -3.11. The van der Waals surface area contributed by atoms with Crippen LogP contribution in [0.2, 0.25) is 0 Å². The minimum atomic E-state index is -4.18. The number of benzene rings is 1. The van der Waals surface area contributed by atoms with Crippen molar-refractivity contribution in [3.05, 3.63) is 29.8 Å². The highest BCUT2D eigenvalue weighted by Crippen LogP contribution is 2.42. The Balaban J connectivity index is 1.77. The molecule has 14 nitrogen and oxygen atoms in total. The average molecular weight is 793 g/mol. The van der Waals surface area contributed by atoms with E-state index in [4.69, 9.17) is 15.2 Å². The van der Waals surface area contributed by atoms with Crippen LogP contribution in [0.4, 0.5) is 0 Å². The van der Waals surface area contributed by atoms with Gasteiger partial charge in [-0.2, -0.15) is 0 Å². The molecule has 1 aromatic carbocycles. The molecule has 1 aliphatic carbocycles. The molecule has 55 heavy (non-hydrogen) atoms. The Labute approximate surface area is 329 Å². The zero-order valence-corrected chi connectivity index (χ0v) is 35.9. The van der Waals surface area contributed by atoms with Gasteiger partial charge in [0.15, 0.2) is 0 Å². The number of hydrogen-bond acceptors (Lipinski definition) is 10. The van der Waals surface area contributed by atoms with Gasteiger partial charge in [0.05, 0.1) is 47.6 Å². The topological polar surface area (TPSA) is 181 Å². The lowest BCUT2D eigenvalue weighted by atomic mass is 9.89. The molecule has 8 atom stereocenters. The van der Waals surface area contributed by atoms with E-state index in [9.17, 15) is 27.6 Å². The number of nitrogens with two attached hydrogens (primary N) is 1. The van der Waals surface area contributed by atoms with Crippen molar-refractivity contribution in [2.24, 2.45) is 29.4 Å². The first-order valence-electron chi connectivity index (χ1n) is 19.7. The maximum atomic E-state index is 14.2. The summed E-state index contributed by atoms with van der Waals surface area (Å²) in [6, 6.07) is 4.05. The van der Waals surface area contributed by atoms with Crippen LogP contribution in [0.3, 0.4) is 0 Å². The first kappa shape index (κ1) is 46.3. The van der Waals surface area contributed by atoms with Gasteiger partial charge in [-0.25, -0.2) is 13.1 Å². The fraction of sp³-hybridized carbons (Fsp3) is 0.750. The van der Waals surface area contributed by atoms with E-state index in [-0.39, 0.29) is 46.8 Å². The van der Waals surface area contributed by atoms with Crippen molar-refractivity contribution in [3.8, 4) is 0 Å². The normalized spacial score (nSPS) is 20.7. The number of amides is 4. The summed E-state index contributed by atoms with van der Waals surface area (Å²) in [7, 11) is 4.18. The number of methoxy groups -OCH3 is 2. The van der Waals surface area contributed by atoms with Crippen molar-refractivity contribution in [1.29, 1.82) is 0 Å². The van der Waals surface area contributed by atoms with E-state index < -0.39 is 63.8 Å². The van der Waals surface area contributed by atoms with Gasteiger partial charge in [0.25, 0.3) is 10.0 Å². The molecule has 0 aromatic heterocycles. The van der Waals surface area contributed by atoms with Crippen LogP contribution in [0.15, 0.2) is 29.2 Å². The molecular formula is C40H68N6O8S. The van der Waals surface area contributed by atoms with Gasteiger partial charge in [0, 0.05) is 33.4 Å². The zero-order valence-electron chi connectivity index (χ0n) is 35.1. The van der Waals surface area contributed by atoms with Crippen LogP contribution in [0.1, 0.15) is 92.6 Å². The van der Waals surface area contributed by atoms with Crippen molar-refractivity contribution >= 4 is 33.7 Å². The summed E-state index contributed by atoms with van der Waals surface area (Å²) in [5.41, 5.74) is 6.68. The Bertz CT molecular complexity index is 1570. The maximum absolute atomic E-state index is 14.2. The van der Waals surface area contributed by atoms with E-state index in [1.165, 1.54) is 26.4 Å². The summed E-state index contributed by atoms with van der Waals surface area (Å²) < 4.78 is 40.4. The molecule has 3 rings (SSSR count). The standard InChI is InChI=1S/C40H68N6O8S/c1-13-26(6)35(45(10)39(50)33(24(2)3)42-38(49)34(25(4)5)44(8)9)31(53-11)23-32(47)46-22-14-15-30(46)36(54-12)27(7)37(48)43-55(51,52)29-18-16-28(17-19-29)40(41)20-21-40/h16-19,24-27,30-31,33-36H,13-15,20-23,41H2,1-12H3,(H,42,49)(H,43,48)/t26-,27+,30-,31+,33-,34-,35-,36?/m0/s1. The predicted molar refractivity (Wildman–Crippen MR) is 212 cm³/mol. The van der Waals surface area contributed by atoms with E-state index in [0.29, 0.717) is 25.8 Å². The number of ether oxygens (including phenoxy) is 2. The van der Waals surface area contributed by atoms with E-state index in [1.54, 1.807) is 35.9 Å². The second-order valence-electron chi connectivity index (χ2n) is 16.6. The Kier molecular flexibility index (Phi) is 16.3. The van der Waals surface area contributed by atoms with Crippen LogP contribution in [-0.2, 0) is 44.2 Å². The fourth-order valence-electron chi connectivity index (χ4n) is 8.08. The SMILES string of the molecule is CC[C@H](C)[C@@H]([C@@H](CC(=O)N1CCC[C@H]1C(OC)[C@@H](C)C(=O)NS(=O)(=O)c1ccc(C2(N)CC2)cc1)OC)N(C)C(=O)[C@@H](NC(=O)[C@H](C(C)C)N(C)C)C(C)C. The summed E-state index contributed by atoms with van der Waals surface area (Å²) in [5, 5.41) is 3.02. The largest absolute Gasteiger partial charge is 0.379 e. The van der Waals surface area contributed by atoms with Crippen molar-refractivity contribution in [2.75, 3.05) is 41.9 Å². The number of hydrogen-bond donors (Lipinski definition) is 3. The second kappa shape index (κ2) is 19.4. The monoisotopic (exact) mass is 792 g/mol. The maximum Gasteiger partial charge on any atom is 0.264 e. The second-order valence-corrected chi connectivity index (χ2v) is 18.3. The molecule has 4 N–H and O–H groups in total. The lowest BCUT2D eigenvalue weighted by Gasteiger charge is -2.41. The van der Waals surface area contributed by atoms with Crippen LogP contribution in [0.25, 0.3) is 0 Å². The van der Waals surface area contributed by atoms with Gasteiger partial charge in [-0.3, -0.25) is 24.1 Å². The highest BCUT2D eigenvalue weighted by Gasteiger charge is 2.44. The lowest BCUT2D eigenvalue weighted by molar-refractivity contribution is -0.148. The summed E-state index contributed by atoms with van der Waals surface area (Å²) >= 11 is 0. The Morgan fingerprint density at radius 3 is 2.02 bits per heavy atom. The smallest absolute Gasteiger partial charge is 0.264 e. The van der Waals surface area contributed by atoms with Crippen LogP contribution in [-0.4, -0.2) is 125 Å². The first-order chi connectivity index (χ1) is 25.6. The minimum Gasteiger partial charge on any atom is -0.379 e. The molecule has 0 bridgehead atoms. The molecule has 1 aromatic rings. The number of rotatable bonds is 20. The van der Waals surface area contributed by atoms with Crippen LogP contribution >= 0.6 is 0 Å². The summed E-state index contributed by atoms with van der Waals surface area (Å²) in [6.07, 6.45) is 2.09. The van der Waals surface area contributed by atoms with E-state index in [0.717, 1.165) is 18.4 Å². The molecule has 15 heteroatoms. The third kappa shape index (κ3) is 11.1. The quantitative estimate of drug-likeness (QED) is 0.178. The highest BCUT2D eigenvalue weighted by atomic mass is 32.2. The van der Waals surface area contributed by atoms with Gasteiger partial charge in [0.1, 0.15) is 6.04 Å². The van der Waals surface area contributed by atoms with Gasteiger partial charge in [-0.05, 0) is 75.2 Å². The predicted octanol–water partition coefficient (Wildman–Crippen LogP) is 3.09. The van der Waals surface area contributed by atoms with Crippen molar-refractivity contribution < 1.29 is 37.1 Å². The molecule has 2 aliphatic rings. The molecule has 0 spiro atoms.